The number of benzene rings is 2. The van der Waals surface area contributed by atoms with Gasteiger partial charge in [0.1, 0.15) is 0 Å². The highest BCUT2D eigenvalue weighted by Crippen LogP contribution is 2.15. The molecule has 2 N–H and O–H groups in total. The van der Waals surface area contributed by atoms with Gasteiger partial charge in [-0.1, -0.05) is 30.3 Å². The van der Waals surface area contributed by atoms with Gasteiger partial charge in [-0.2, -0.15) is 0 Å². The molecular formula is C19H22N2. The molecule has 0 fully saturated rings. The fraction of sp³-hybridized carbons (Fsp3) is 0.263. The van der Waals surface area contributed by atoms with Gasteiger partial charge in [0.05, 0.1) is 0 Å². The predicted molar refractivity (Wildman–Crippen MR) is 89.5 cm³/mol. The van der Waals surface area contributed by atoms with Crippen molar-refractivity contribution in [2.45, 2.75) is 32.9 Å². The fourth-order valence-corrected chi connectivity index (χ4v) is 2.75. The number of aryl methyl sites for hydroxylation is 1. The Morgan fingerprint density at radius 3 is 2.81 bits per heavy atom. The average Bonchev–Trinajstić information content (AvgIpc) is 2.95. The van der Waals surface area contributed by atoms with Gasteiger partial charge in [-0.15, -0.1) is 0 Å². The average molecular weight is 278 g/mol. The van der Waals surface area contributed by atoms with Crippen LogP contribution in [-0.2, 0) is 13.0 Å². The Morgan fingerprint density at radius 1 is 1.10 bits per heavy atom. The van der Waals surface area contributed by atoms with Gasteiger partial charge in [0.2, 0.25) is 0 Å². The van der Waals surface area contributed by atoms with Gasteiger partial charge in [0.15, 0.2) is 0 Å². The van der Waals surface area contributed by atoms with Gasteiger partial charge in [-0.3, -0.25) is 0 Å². The number of aromatic nitrogens is 1. The van der Waals surface area contributed by atoms with Crippen LogP contribution in [-0.4, -0.2) is 11.0 Å². The molecule has 3 aromatic rings. The molecule has 2 aromatic carbocycles. The standard InChI is InChI=1S/C19H22N2/c1-14-5-3-4-6-17(14)11-15(2)21-13-16-7-8-19-18(12-16)9-10-20-19/h3-10,12,15,20-21H,11,13H2,1-2H3. The molecule has 1 unspecified atom stereocenters. The lowest BCUT2D eigenvalue weighted by atomic mass is 10.0. The molecule has 0 bridgehead atoms. The SMILES string of the molecule is Cc1ccccc1CC(C)NCc1ccc2[nH]ccc2c1. The molecule has 0 aliphatic carbocycles. The van der Waals surface area contributed by atoms with E-state index >= 15 is 0 Å². The summed E-state index contributed by atoms with van der Waals surface area (Å²) >= 11 is 0. The third kappa shape index (κ3) is 3.34. The highest BCUT2D eigenvalue weighted by atomic mass is 14.9. The Kier molecular flexibility index (Phi) is 4.07. The van der Waals surface area contributed by atoms with E-state index < -0.39 is 0 Å². The van der Waals surface area contributed by atoms with E-state index in [0.29, 0.717) is 6.04 Å². The van der Waals surface area contributed by atoms with E-state index in [-0.39, 0.29) is 0 Å². The van der Waals surface area contributed by atoms with Crippen molar-refractivity contribution in [3.8, 4) is 0 Å². The molecular weight excluding hydrogens is 256 g/mol. The van der Waals surface area contributed by atoms with Crippen molar-refractivity contribution in [3.05, 3.63) is 71.4 Å². The normalized spacial score (nSPS) is 12.7. The van der Waals surface area contributed by atoms with Crippen molar-refractivity contribution < 1.29 is 0 Å². The Morgan fingerprint density at radius 2 is 1.95 bits per heavy atom. The Balaban J connectivity index is 1.60. The minimum absolute atomic E-state index is 0.466. The van der Waals surface area contributed by atoms with Crippen LogP contribution in [0.5, 0.6) is 0 Å². The van der Waals surface area contributed by atoms with Crippen LogP contribution < -0.4 is 5.32 Å². The lowest BCUT2D eigenvalue weighted by Gasteiger charge is -2.15. The van der Waals surface area contributed by atoms with Gasteiger partial charge in [0.25, 0.3) is 0 Å². The Labute approximate surface area is 126 Å². The molecule has 2 heteroatoms. The summed E-state index contributed by atoms with van der Waals surface area (Å²) in [5, 5.41) is 4.90. The maximum Gasteiger partial charge on any atom is 0.0454 e. The monoisotopic (exact) mass is 278 g/mol. The van der Waals surface area contributed by atoms with E-state index in [9.17, 15) is 0 Å². The molecule has 0 saturated carbocycles. The van der Waals surface area contributed by atoms with Crippen molar-refractivity contribution in [1.82, 2.24) is 10.3 Å². The third-order valence-corrected chi connectivity index (χ3v) is 4.06. The summed E-state index contributed by atoms with van der Waals surface area (Å²) in [6, 6.07) is 17.8. The topological polar surface area (TPSA) is 27.8 Å². The lowest BCUT2D eigenvalue weighted by molar-refractivity contribution is 0.545. The smallest absolute Gasteiger partial charge is 0.0454 e. The predicted octanol–water partition coefficient (Wildman–Crippen LogP) is 4.20. The Bertz CT molecular complexity index is 727. The molecule has 2 nitrogen and oxygen atoms in total. The number of rotatable bonds is 5. The van der Waals surface area contributed by atoms with E-state index in [1.54, 1.807) is 0 Å². The second-order valence-corrected chi connectivity index (χ2v) is 5.81. The molecule has 0 aliphatic rings. The summed E-state index contributed by atoms with van der Waals surface area (Å²) < 4.78 is 0. The van der Waals surface area contributed by atoms with Crippen molar-refractivity contribution in [3.63, 3.8) is 0 Å². The highest BCUT2D eigenvalue weighted by Gasteiger charge is 2.05. The quantitative estimate of drug-likeness (QED) is 0.719. The van der Waals surface area contributed by atoms with Crippen molar-refractivity contribution in [2.75, 3.05) is 0 Å². The number of hydrogen-bond acceptors (Lipinski definition) is 1. The lowest BCUT2D eigenvalue weighted by Crippen LogP contribution is -2.27. The second kappa shape index (κ2) is 6.15. The molecule has 1 heterocycles. The summed E-state index contributed by atoms with van der Waals surface area (Å²) in [7, 11) is 0. The molecule has 3 rings (SSSR count). The molecule has 108 valence electrons. The van der Waals surface area contributed by atoms with Gasteiger partial charge in [-0.25, -0.2) is 0 Å². The van der Waals surface area contributed by atoms with Crippen LogP contribution in [0.3, 0.4) is 0 Å². The fourth-order valence-electron chi connectivity index (χ4n) is 2.75. The van der Waals surface area contributed by atoms with Crippen LogP contribution in [0.15, 0.2) is 54.7 Å². The summed E-state index contributed by atoms with van der Waals surface area (Å²) in [5.41, 5.74) is 5.34. The highest BCUT2D eigenvalue weighted by molar-refractivity contribution is 5.79. The molecule has 0 spiro atoms. The zero-order valence-corrected chi connectivity index (χ0v) is 12.7. The summed E-state index contributed by atoms with van der Waals surface area (Å²) in [6.07, 6.45) is 3.06. The van der Waals surface area contributed by atoms with Crippen LogP contribution in [0.25, 0.3) is 10.9 Å². The molecule has 21 heavy (non-hydrogen) atoms. The third-order valence-electron chi connectivity index (χ3n) is 4.06. The Hall–Kier alpha value is -2.06. The molecule has 0 saturated heterocycles. The van der Waals surface area contributed by atoms with Gasteiger partial charge in [-0.05, 0) is 60.5 Å². The van der Waals surface area contributed by atoms with Crippen molar-refractivity contribution >= 4 is 10.9 Å². The summed E-state index contributed by atoms with van der Waals surface area (Å²) in [5.74, 6) is 0. The van der Waals surface area contributed by atoms with Crippen LogP contribution in [0.1, 0.15) is 23.6 Å². The van der Waals surface area contributed by atoms with Crippen LogP contribution in [0.4, 0.5) is 0 Å². The number of nitrogens with one attached hydrogen (secondary N) is 2. The van der Waals surface area contributed by atoms with E-state index in [4.69, 9.17) is 0 Å². The minimum atomic E-state index is 0.466. The first-order valence-electron chi connectivity index (χ1n) is 7.56. The van der Waals surface area contributed by atoms with Gasteiger partial charge < -0.3 is 10.3 Å². The number of fused-ring (bicyclic) bond motifs is 1. The maximum absolute atomic E-state index is 3.62. The zero-order valence-electron chi connectivity index (χ0n) is 12.7. The van der Waals surface area contributed by atoms with E-state index in [1.165, 1.54) is 27.6 Å². The van der Waals surface area contributed by atoms with Crippen LogP contribution in [0.2, 0.25) is 0 Å². The largest absolute Gasteiger partial charge is 0.361 e. The molecule has 1 atom stereocenters. The van der Waals surface area contributed by atoms with E-state index in [1.807, 2.05) is 6.20 Å². The molecule has 0 amide bonds. The zero-order chi connectivity index (χ0) is 14.7. The van der Waals surface area contributed by atoms with Crippen LogP contribution >= 0.6 is 0 Å². The van der Waals surface area contributed by atoms with Crippen molar-refractivity contribution in [1.29, 1.82) is 0 Å². The number of aromatic amines is 1. The van der Waals surface area contributed by atoms with Gasteiger partial charge >= 0.3 is 0 Å². The van der Waals surface area contributed by atoms with E-state index in [2.05, 4.69) is 72.7 Å². The van der Waals surface area contributed by atoms with E-state index in [0.717, 1.165) is 13.0 Å². The van der Waals surface area contributed by atoms with Crippen molar-refractivity contribution in [2.24, 2.45) is 0 Å². The summed E-state index contributed by atoms with van der Waals surface area (Å²) in [4.78, 5) is 3.23. The first-order valence-corrected chi connectivity index (χ1v) is 7.56. The van der Waals surface area contributed by atoms with Gasteiger partial charge in [0, 0.05) is 24.3 Å². The minimum Gasteiger partial charge on any atom is -0.361 e. The first-order chi connectivity index (χ1) is 10.2. The molecule has 1 aromatic heterocycles. The second-order valence-electron chi connectivity index (χ2n) is 5.81. The first kappa shape index (κ1) is 13.9. The summed E-state index contributed by atoms with van der Waals surface area (Å²) in [6.45, 7) is 5.34. The molecule has 0 radical (unpaired) electrons. The maximum atomic E-state index is 3.62. The molecule has 0 aliphatic heterocycles. The van der Waals surface area contributed by atoms with Crippen LogP contribution in [0, 0.1) is 6.92 Å². The number of hydrogen-bond donors (Lipinski definition) is 2. The number of H-pyrrole nitrogens is 1.